The lowest BCUT2D eigenvalue weighted by Crippen LogP contribution is -2.54. The normalized spacial score (nSPS) is 29.7. The Balaban J connectivity index is 1.30. The molecule has 35 heavy (non-hydrogen) atoms. The quantitative estimate of drug-likeness (QED) is 0.695. The molecule has 1 aliphatic carbocycles. The predicted molar refractivity (Wildman–Crippen MR) is 138 cm³/mol. The van der Waals surface area contributed by atoms with Crippen LogP contribution >= 0.6 is 0 Å². The predicted octanol–water partition coefficient (Wildman–Crippen LogP) is 4.46. The molecule has 2 unspecified atom stereocenters. The zero-order valence-electron chi connectivity index (χ0n) is 20.8. The van der Waals surface area contributed by atoms with Crippen LogP contribution in [0.15, 0.2) is 47.1 Å². The summed E-state index contributed by atoms with van der Waals surface area (Å²) in [7, 11) is 0. The van der Waals surface area contributed by atoms with Gasteiger partial charge in [0.15, 0.2) is 0 Å². The number of amidine groups is 1. The molecule has 2 atom stereocenters. The van der Waals surface area contributed by atoms with Gasteiger partial charge in [-0.15, -0.1) is 0 Å². The monoisotopic (exact) mass is 476 g/mol. The number of carbonyl (C=O) groups excluding carboxylic acids is 1. The second kappa shape index (κ2) is 9.43. The summed E-state index contributed by atoms with van der Waals surface area (Å²) in [5.74, 6) is 1.06. The van der Waals surface area contributed by atoms with Crippen LogP contribution in [0.1, 0.15) is 52.4 Å². The molecule has 7 heteroatoms. The third-order valence-electron chi connectivity index (χ3n) is 8.00. The molecule has 0 spiro atoms. The number of aliphatic imine (C=N–C) groups is 1. The molecule has 0 aromatic heterocycles. The third kappa shape index (κ3) is 4.52. The van der Waals surface area contributed by atoms with E-state index in [1.165, 1.54) is 5.69 Å². The number of anilines is 2. The van der Waals surface area contributed by atoms with E-state index in [1.54, 1.807) is 0 Å². The van der Waals surface area contributed by atoms with Crippen molar-refractivity contribution >= 4 is 28.8 Å². The largest absolute Gasteiger partial charge is 0.376 e. The van der Waals surface area contributed by atoms with Crippen LogP contribution in [0.25, 0.3) is 0 Å². The van der Waals surface area contributed by atoms with Crippen LogP contribution in [-0.2, 0) is 14.3 Å². The molecule has 1 N–H and O–H groups in total. The fraction of sp³-hybridized carbons (Fsp3) is 0.571. The number of piperidine rings is 1. The molecule has 1 amide bonds. The van der Waals surface area contributed by atoms with Gasteiger partial charge in [0.2, 0.25) is 5.91 Å². The molecule has 5 heterocycles. The van der Waals surface area contributed by atoms with Crippen molar-refractivity contribution in [2.75, 3.05) is 29.5 Å². The fourth-order valence-corrected chi connectivity index (χ4v) is 6.19. The topological polar surface area (TPSA) is 66.4 Å². The Morgan fingerprint density at radius 3 is 2.74 bits per heavy atom. The number of nitrogens with one attached hydrogen (secondary N) is 1. The Hall–Kier alpha value is -2.64. The van der Waals surface area contributed by atoms with Gasteiger partial charge >= 0.3 is 0 Å². The standard InChI is InChI=1S/C28H36N4O3/c1-18(2)35-23-9-5-19(6-10-23)28(33)32-15-20-4-3-13-29-27(20)30-25-12-8-21(14-26(25)32)31-16-24-11-7-22(31)17-34-24/h3-4,8,12-14,18-19,22-24H,5-7,9-11,15-17H2,1-2H3,(H,29,30)/t19-,22?,23-,24?. The summed E-state index contributed by atoms with van der Waals surface area (Å²) in [6.07, 6.45) is 12.7. The Bertz CT molecular complexity index is 1060. The van der Waals surface area contributed by atoms with E-state index in [0.717, 1.165) is 74.5 Å². The van der Waals surface area contributed by atoms with E-state index in [0.29, 0.717) is 18.7 Å². The van der Waals surface area contributed by atoms with Gasteiger partial charge < -0.3 is 24.6 Å². The lowest BCUT2D eigenvalue weighted by atomic mass is 9.86. The molecule has 1 saturated carbocycles. The van der Waals surface area contributed by atoms with E-state index in [-0.39, 0.29) is 24.0 Å². The van der Waals surface area contributed by atoms with Gasteiger partial charge in [0.1, 0.15) is 5.84 Å². The first kappa shape index (κ1) is 22.8. The van der Waals surface area contributed by atoms with Crippen LogP contribution in [0, 0.1) is 5.92 Å². The number of nitrogens with zero attached hydrogens (tertiary/aromatic N) is 3. The zero-order valence-corrected chi connectivity index (χ0v) is 20.8. The van der Waals surface area contributed by atoms with Crippen molar-refractivity contribution in [3.63, 3.8) is 0 Å². The van der Waals surface area contributed by atoms with Gasteiger partial charge in [-0.25, -0.2) is 4.99 Å². The number of fused-ring (bicyclic) bond motifs is 5. The van der Waals surface area contributed by atoms with E-state index < -0.39 is 0 Å². The summed E-state index contributed by atoms with van der Waals surface area (Å²) < 4.78 is 12.0. The molecule has 6 aliphatic rings. The minimum Gasteiger partial charge on any atom is -0.376 e. The van der Waals surface area contributed by atoms with Gasteiger partial charge in [0, 0.05) is 29.9 Å². The summed E-state index contributed by atoms with van der Waals surface area (Å²) in [6.45, 7) is 6.41. The van der Waals surface area contributed by atoms with E-state index in [1.807, 2.05) is 17.2 Å². The second-order valence-corrected chi connectivity index (χ2v) is 10.8. The van der Waals surface area contributed by atoms with Crippen molar-refractivity contribution < 1.29 is 14.3 Å². The average Bonchev–Trinajstić information content (AvgIpc) is 3.05. The maximum atomic E-state index is 14.0. The maximum absolute atomic E-state index is 14.0. The van der Waals surface area contributed by atoms with Crippen LogP contribution in [0.3, 0.4) is 0 Å². The van der Waals surface area contributed by atoms with Crippen molar-refractivity contribution in [2.24, 2.45) is 10.9 Å². The number of hydrogen-bond donors (Lipinski definition) is 1. The lowest BCUT2D eigenvalue weighted by molar-refractivity contribution is -0.124. The van der Waals surface area contributed by atoms with E-state index in [2.05, 4.69) is 48.3 Å². The van der Waals surface area contributed by atoms with Crippen molar-refractivity contribution in [3.8, 4) is 0 Å². The number of benzene rings is 1. The summed E-state index contributed by atoms with van der Waals surface area (Å²) >= 11 is 0. The number of amides is 1. The zero-order chi connectivity index (χ0) is 23.9. The molecular weight excluding hydrogens is 440 g/mol. The maximum Gasteiger partial charge on any atom is 0.230 e. The summed E-state index contributed by atoms with van der Waals surface area (Å²) in [5, 5.41) is 3.28. The average molecular weight is 477 g/mol. The van der Waals surface area contributed by atoms with E-state index >= 15 is 0 Å². The molecule has 1 aromatic rings. The number of ether oxygens (including phenoxy) is 2. The Kier molecular flexibility index (Phi) is 6.14. The van der Waals surface area contributed by atoms with Crippen LogP contribution in [-0.4, -0.2) is 55.8 Å². The van der Waals surface area contributed by atoms with Crippen LogP contribution in [0.5, 0.6) is 0 Å². The smallest absolute Gasteiger partial charge is 0.230 e. The van der Waals surface area contributed by atoms with Crippen LogP contribution in [0.2, 0.25) is 0 Å². The van der Waals surface area contributed by atoms with Gasteiger partial charge in [-0.3, -0.25) is 4.79 Å². The minimum absolute atomic E-state index is 0.0205. The molecule has 186 valence electrons. The summed E-state index contributed by atoms with van der Waals surface area (Å²) in [4.78, 5) is 23.4. The Morgan fingerprint density at radius 1 is 1.17 bits per heavy atom. The molecule has 5 aliphatic heterocycles. The molecule has 0 radical (unpaired) electrons. The van der Waals surface area contributed by atoms with Crippen molar-refractivity contribution in [1.29, 1.82) is 0 Å². The highest BCUT2D eigenvalue weighted by atomic mass is 16.5. The third-order valence-corrected chi connectivity index (χ3v) is 8.00. The van der Waals surface area contributed by atoms with Crippen LogP contribution in [0.4, 0.5) is 17.1 Å². The molecule has 4 fully saturated rings. The highest BCUT2D eigenvalue weighted by molar-refractivity contribution is 6.08. The molecule has 7 rings (SSSR count). The number of dihydropyridines is 1. The molecular formula is C28H36N4O3. The molecule has 7 nitrogen and oxygen atoms in total. The highest BCUT2D eigenvalue weighted by Gasteiger charge is 2.37. The summed E-state index contributed by atoms with van der Waals surface area (Å²) in [5.41, 5.74) is 3.97. The number of rotatable bonds is 4. The fourth-order valence-electron chi connectivity index (χ4n) is 6.19. The lowest BCUT2D eigenvalue weighted by Gasteiger charge is -2.46. The SMILES string of the molecule is CC(C)O[C@H]1CC[C@H](C(=O)N2CC3=CC=CNC3=Nc3ccc(N4CC5CCC4CO5)cc32)CC1. The second-order valence-electron chi connectivity index (χ2n) is 10.8. The highest BCUT2D eigenvalue weighted by Crippen LogP contribution is 2.41. The van der Waals surface area contributed by atoms with Gasteiger partial charge in [-0.05, 0) is 76.6 Å². The molecule has 1 aromatic carbocycles. The first-order valence-electron chi connectivity index (χ1n) is 13.3. The van der Waals surface area contributed by atoms with Gasteiger partial charge in [0.05, 0.1) is 48.9 Å². The van der Waals surface area contributed by atoms with Crippen LogP contribution < -0.4 is 15.1 Å². The molecule has 3 saturated heterocycles. The van der Waals surface area contributed by atoms with E-state index in [9.17, 15) is 4.79 Å². The first-order valence-corrected chi connectivity index (χ1v) is 13.3. The Morgan fingerprint density at radius 2 is 2.03 bits per heavy atom. The summed E-state index contributed by atoms with van der Waals surface area (Å²) in [6, 6.07) is 6.84. The number of carbonyl (C=O) groups is 1. The van der Waals surface area contributed by atoms with E-state index in [4.69, 9.17) is 14.5 Å². The van der Waals surface area contributed by atoms with Crippen molar-refractivity contribution in [3.05, 3.63) is 42.1 Å². The van der Waals surface area contributed by atoms with Gasteiger partial charge in [-0.1, -0.05) is 6.08 Å². The number of allylic oxidation sites excluding steroid dienone is 2. The Labute approximate surface area is 207 Å². The van der Waals surface area contributed by atoms with Gasteiger partial charge in [0.25, 0.3) is 0 Å². The number of hydrogen-bond acceptors (Lipinski definition) is 6. The van der Waals surface area contributed by atoms with Gasteiger partial charge in [-0.2, -0.15) is 0 Å². The minimum atomic E-state index is 0.0205. The van der Waals surface area contributed by atoms with Crippen molar-refractivity contribution in [2.45, 2.75) is 76.7 Å². The number of morpholine rings is 1. The first-order chi connectivity index (χ1) is 17.0. The molecule has 2 bridgehead atoms. The van der Waals surface area contributed by atoms with Crippen molar-refractivity contribution in [1.82, 2.24) is 5.32 Å².